The van der Waals surface area contributed by atoms with Crippen molar-refractivity contribution in [2.24, 2.45) is 12.8 Å². The van der Waals surface area contributed by atoms with Crippen LogP contribution in [0, 0.1) is 0 Å². The molecule has 0 bridgehead atoms. The zero-order chi connectivity index (χ0) is 10.1. The van der Waals surface area contributed by atoms with Crippen LogP contribution in [0.4, 0.5) is 0 Å². The number of aromatic nitrogens is 2. The van der Waals surface area contributed by atoms with Gasteiger partial charge in [-0.2, -0.15) is 5.10 Å². The van der Waals surface area contributed by atoms with Crippen molar-refractivity contribution in [2.45, 2.75) is 6.54 Å². The number of thiophene rings is 1. The average molecular weight is 228 g/mol. The Morgan fingerprint density at radius 3 is 2.86 bits per heavy atom. The third-order valence-corrected chi connectivity index (χ3v) is 3.22. The molecule has 2 rings (SSSR count). The fourth-order valence-corrected chi connectivity index (χ4v) is 2.40. The third-order valence-electron chi connectivity index (χ3n) is 1.97. The molecule has 2 aromatic rings. The standard InChI is InChI=1S/C9H10ClN3S/c1-13-7(4-6(5-11)12-13)8-2-3-9(10)14-8/h2-4H,5,11H2,1H3. The summed E-state index contributed by atoms with van der Waals surface area (Å²) in [6.07, 6.45) is 0. The van der Waals surface area contributed by atoms with Gasteiger partial charge in [0.05, 0.1) is 20.6 Å². The van der Waals surface area contributed by atoms with Gasteiger partial charge in [-0.3, -0.25) is 4.68 Å². The van der Waals surface area contributed by atoms with Crippen LogP contribution in [0.1, 0.15) is 5.69 Å². The summed E-state index contributed by atoms with van der Waals surface area (Å²) in [5.74, 6) is 0. The van der Waals surface area contributed by atoms with Gasteiger partial charge >= 0.3 is 0 Å². The van der Waals surface area contributed by atoms with Gasteiger partial charge in [-0.15, -0.1) is 11.3 Å². The van der Waals surface area contributed by atoms with E-state index in [1.165, 1.54) is 0 Å². The van der Waals surface area contributed by atoms with Crippen LogP contribution in [0.2, 0.25) is 4.34 Å². The van der Waals surface area contributed by atoms with Gasteiger partial charge in [0.25, 0.3) is 0 Å². The Bertz CT molecular complexity index is 447. The molecule has 2 N–H and O–H groups in total. The van der Waals surface area contributed by atoms with Gasteiger partial charge in [-0.05, 0) is 18.2 Å². The SMILES string of the molecule is Cn1nc(CN)cc1-c1ccc(Cl)s1. The highest BCUT2D eigenvalue weighted by Crippen LogP contribution is 2.30. The van der Waals surface area contributed by atoms with Crippen LogP contribution in [-0.2, 0) is 13.6 Å². The van der Waals surface area contributed by atoms with Crippen molar-refractivity contribution in [3.8, 4) is 10.6 Å². The predicted octanol–water partition coefficient (Wildman–Crippen LogP) is 2.26. The lowest BCUT2D eigenvalue weighted by Crippen LogP contribution is -1.98. The maximum atomic E-state index is 5.87. The molecule has 0 aliphatic carbocycles. The maximum absolute atomic E-state index is 5.87. The summed E-state index contributed by atoms with van der Waals surface area (Å²) in [5.41, 5.74) is 7.47. The van der Waals surface area contributed by atoms with E-state index in [0.717, 1.165) is 20.6 Å². The second-order valence-electron chi connectivity index (χ2n) is 2.95. The number of aryl methyl sites for hydroxylation is 1. The second kappa shape index (κ2) is 3.73. The Hall–Kier alpha value is -0.840. The van der Waals surface area contributed by atoms with E-state index in [1.807, 2.05) is 29.9 Å². The Labute approximate surface area is 91.1 Å². The van der Waals surface area contributed by atoms with E-state index in [4.69, 9.17) is 17.3 Å². The highest BCUT2D eigenvalue weighted by atomic mass is 35.5. The highest BCUT2D eigenvalue weighted by molar-refractivity contribution is 7.19. The molecule has 2 aromatic heterocycles. The van der Waals surface area contributed by atoms with E-state index in [9.17, 15) is 0 Å². The number of hydrogen-bond acceptors (Lipinski definition) is 3. The fraction of sp³-hybridized carbons (Fsp3) is 0.222. The topological polar surface area (TPSA) is 43.8 Å². The molecule has 74 valence electrons. The van der Waals surface area contributed by atoms with E-state index in [-0.39, 0.29) is 0 Å². The molecule has 2 heterocycles. The number of rotatable bonds is 2. The van der Waals surface area contributed by atoms with E-state index in [0.29, 0.717) is 6.54 Å². The van der Waals surface area contributed by atoms with Crippen LogP contribution in [0.15, 0.2) is 18.2 Å². The van der Waals surface area contributed by atoms with E-state index >= 15 is 0 Å². The van der Waals surface area contributed by atoms with Gasteiger partial charge in [0, 0.05) is 13.6 Å². The second-order valence-corrected chi connectivity index (χ2v) is 4.67. The zero-order valence-electron chi connectivity index (χ0n) is 7.70. The first-order chi connectivity index (χ1) is 6.70. The normalized spacial score (nSPS) is 10.8. The van der Waals surface area contributed by atoms with Crippen LogP contribution in [0.3, 0.4) is 0 Å². The summed E-state index contributed by atoms with van der Waals surface area (Å²) in [6, 6.07) is 5.86. The lowest BCUT2D eigenvalue weighted by atomic mass is 10.3. The first kappa shape index (κ1) is 9.71. The summed E-state index contributed by atoms with van der Waals surface area (Å²) in [6.45, 7) is 0.465. The first-order valence-corrected chi connectivity index (χ1v) is 5.39. The van der Waals surface area contributed by atoms with E-state index < -0.39 is 0 Å². The lowest BCUT2D eigenvalue weighted by molar-refractivity contribution is 0.750. The molecule has 0 saturated carbocycles. The van der Waals surface area contributed by atoms with Crippen LogP contribution < -0.4 is 5.73 Å². The Morgan fingerprint density at radius 1 is 1.57 bits per heavy atom. The van der Waals surface area contributed by atoms with E-state index in [1.54, 1.807) is 11.3 Å². The summed E-state index contributed by atoms with van der Waals surface area (Å²) < 4.78 is 2.61. The fourth-order valence-electron chi connectivity index (χ4n) is 1.31. The van der Waals surface area contributed by atoms with E-state index in [2.05, 4.69) is 5.10 Å². The van der Waals surface area contributed by atoms with Crippen molar-refractivity contribution in [3.63, 3.8) is 0 Å². The molecule has 0 aromatic carbocycles. The van der Waals surface area contributed by atoms with Gasteiger partial charge in [0.15, 0.2) is 0 Å². The van der Waals surface area contributed by atoms with Crippen molar-refractivity contribution in [1.29, 1.82) is 0 Å². The molecule has 14 heavy (non-hydrogen) atoms. The number of halogens is 1. The minimum atomic E-state index is 0.465. The van der Waals surface area contributed by atoms with Crippen molar-refractivity contribution < 1.29 is 0 Å². The van der Waals surface area contributed by atoms with Gasteiger partial charge in [-0.25, -0.2) is 0 Å². The zero-order valence-corrected chi connectivity index (χ0v) is 9.27. The largest absolute Gasteiger partial charge is 0.325 e. The minimum Gasteiger partial charge on any atom is -0.325 e. The monoisotopic (exact) mass is 227 g/mol. The molecular formula is C9H10ClN3S. The number of nitrogens with zero attached hydrogens (tertiary/aromatic N) is 2. The molecule has 0 aliphatic rings. The van der Waals surface area contributed by atoms with Crippen LogP contribution in [0.25, 0.3) is 10.6 Å². The molecule has 0 fully saturated rings. The number of hydrogen-bond donors (Lipinski definition) is 1. The van der Waals surface area contributed by atoms with Crippen molar-refractivity contribution in [1.82, 2.24) is 9.78 Å². The molecule has 0 unspecified atom stereocenters. The smallest absolute Gasteiger partial charge is 0.0935 e. The molecule has 0 radical (unpaired) electrons. The summed E-state index contributed by atoms with van der Waals surface area (Å²) in [7, 11) is 1.90. The van der Waals surface area contributed by atoms with Gasteiger partial charge in [-0.1, -0.05) is 11.6 Å². The van der Waals surface area contributed by atoms with Crippen molar-refractivity contribution in [3.05, 3.63) is 28.2 Å². The molecule has 0 aliphatic heterocycles. The highest BCUT2D eigenvalue weighted by Gasteiger charge is 2.08. The van der Waals surface area contributed by atoms with Crippen LogP contribution in [0.5, 0.6) is 0 Å². The Morgan fingerprint density at radius 2 is 2.36 bits per heavy atom. The predicted molar refractivity (Wildman–Crippen MR) is 59.4 cm³/mol. The Kier molecular flexibility index (Phi) is 2.58. The maximum Gasteiger partial charge on any atom is 0.0935 e. The summed E-state index contributed by atoms with van der Waals surface area (Å²) in [5, 5.41) is 4.27. The van der Waals surface area contributed by atoms with Gasteiger partial charge < -0.3 is 5.73 Å². The molecule has 0 amide bonds. The Balaban J connectivity index is 2.45. The summed E-state index contributed by atoms with van der Waals surface area (Å²) >= 11 is 7.41. The molecule has 0 spiro atoms. The summed E-state index contributed by atoms with van der Waals surface area (Å²) in [4.78, 5) is 1.12. The molecule has 3 nitrogen and oxygen atoms in total. The van der Waals surface area contributed by atoms with Crippen LogP contribution >= 0.6 is 22.9 Å². The molecular weight excluding hydrogens is 218 g/mol. The lowest BCUT2D eigenvalue weighted by Gasteiger charge is -1.95. The average Bonchev–Trinajstić information content (AvgIpc) is 2.71. The first-order valence-electron chi connectivity index (χ1n) is 4.19. The quantitative estimate of drug-likeness (QED) is 0.856. The van der Waals surface area contributed by atoms with Crippen molar-refractivity contribution in [2.75, 3.05) is 0 Å². The van der Waals surface area contributed by atoms with Gasteiger partial charge in [0.1, 0.15) is 0 Å². The molecule has 0 atom stereocenters. The molecule has 5 heteroatoms. The van der Waals surface area contributed by atoms with Gasteiger partial charge in [0.2, 0.25) is 0 Å². The minimum absolute atomic E-state index is 0.465. The van der Waals surface area contributed by atoms with Crippen molar-refractivity contribution >= 4 is 22.9 Å². The van der Waals surface area contributed by atoms with Crippen LogP contribution in [-0.4, -0.2) is 9.78 Å². The molecule has 0 saturated heterocycles. The third kappa shape index (κ3) is 1.68. The number of nitrogens with two attached hydrogens (primary N) is 1.